The Bertz CT molecular complexity index is 369. The average Bonchev–Trinajstić information content (AvgIpc) is 2.27. The quantitative estimate of drug-likeness (QED) is 0.750. The minimum Gasteiger partial charge on any atom is -0.396 e. The molecule has 0 unspecified atom stereocenters. The smallest absolute Gasteiger partial charge is 0.0629 e. The minimum absolute atomic E-state index is 0.0579. The molecule has 0 fully saturated rings. The van der Waals surface area contributed by atoms with Crippen LogP contribution in [-0.4, -0.2) is 30.0 Å². The molecule has 0 saturated carbocycles. The van der Waals surface area contributed by atoms with Crippen molar-refractivity contribution in [1.29, 1.82) is 0 Å². The Labute approximate surface area is 118 Å². The maximum Gasteiger partial charge on any atom is 0.0629 e. The summed E-state index contributed by atoms with van der Waals surface area (Å²) in [4.78, 5) is 0. The molecule has 0 atom stereocenters. The number of aliphatic hydroxyl groups is 2. The molecular weight excluding hydrogens is 350 g/mol. The Morgan fingerprint density at radius 1 is 1.18 bits per heavy atom. The Morgan fingerprint density at radius 2 is 1.65 bits per heavy atom. The lowest BCUT2D eigenvalue weighted by atomic mass is 9.93. The van der Waals surface area contributed by atoms with Gasteiger partial charge in [0.05, 0.1) is 18.9 Å². The van der Waals surface area contributed by atoms with Crippen LogP contribution in [0.3, 0.4) is 0 Å². The molecule has 0 amide bonds. The van der Waals surface area contributed by atoms with E-state index in [1.807, 2.05) is 26.0 Å². The first-order valence-corrected chi connectivity index (χ1v) is 6.92. The van der Waals surface area contributed by atoms with Crippen molar-refractivity contribution in [1.82, 2.24) is 0 Å². The zero-order chi connectivity index (χ0) is 13.1. The van der Waals surface area contributed by atoms with Crippen LogP contribution < -0.4 is 5.32 Å². The predicted molar refractivity (Wildman–Crippen MR) is 77.3 cm³/mol. The third-order valence-corrected chi connectivity index (χ3v) is 3.89. The number of hydrogen-bond donors (Lipinski definition) is 3. The van der Waals surface area contributed by atoms with Gasteiger partial charge in [-0.2, -0.15) is 0 Å². The van der Waals surface area contributed by atoms with E-state index in [0.29, 0.717) is 6.54 Å². The summed E-state index contributed by atoms with van der Waals surface area (Å²) >= 11 is 6.98. The van der Waals surface area contributed by atoms with Gasteiger partial charge >= 0.3 is 0 Å². The van der Waals surface area contributed by atoms with Crippen molar-refractivity contribution in [2.45, 2.75) is 13.8 Å². The van der Waals surface area contributed by atoms with E-state index in [2.05, 4.69) is 37.2 Å². The van der Waals surface area contributed by atoms with Crippen LogP contribution in [-0.2, 0) is 0 Å². The van der Waals surface area contributed by atoms with Crippen LogP contribution in [0.5, 0.6) is 0 Å². The van der Waals surface area contributed by atoms with Gasteiger partial charge in [0.25, 0.3) is 0 Å². The first kappa shape index (κ1) is 15.0. The van der Waals surface area contributed by atoms with Crippen molar-refractivity contribution < 1.29 is 10.2 Å². The molecule has 0 aliphatic heterocycles. The average molecular weight is 367 g/mol. The fourth-order valence-electron chi connectivity index (χ4n) is 1.33. The standard InChI is InChI=1S/C12H17Br2NO2/c1-8-3-9(13)11(10(14)4-8)15-5-12(2,6-16)7-17/h3-4,15-17H,5-7H2,1-2H3. The molecule has 0 saturated heterocycles. The molecule has 17 heavy (non-hydrogen) atoms. The molecule has 1 rings (SSSR count). The molecule has 0 aliphatic carbocycles. The number of rotatable bonds is 5. The molecule has 3 N–H and O–H groups in total. The zero-order valence-corrected chi connectivity index (χ0v) is 13.1. The van der Waals surface area contributed by atoms with Gasteiger partial charge in [0, 0.05) is 20.9 Å². The highest BCUT2D eigenvalue weighted by Crippen LogP contribution is 2.33. The zero-order valence-electron chi connectivity index (χ0n) is 9.93. The molecule has 0 aliphatic rings. The van der Waals surface area contributed by atoms with Crippen molar-refractivity contribution in [2.75, 3.05) is 25.1 Å². The van der Waals surface area contributed by atoms with E-state index >= 15 is 0 Å². The SMILES string of the molecule is Cc1cc(Br)c(NCC(C)(CO)CO)c(Br)c1. The summed E-state index contributed by atoms with van der Waals surface area (Å²) in [6.07, 6.45) is 0. The number of benzene rings is 1. The van der Waals surface area contributed by atoms with Crippen molar-refractivity contribution >= 4 is 37.5 Å². The van der Waals surface area contributed by atoms with E-state index < -0.39 is 5.41 Å². The third kappa shape index (κ3) is 3.95. The topological polar surface area (TPSA) is 52.5 Å². The minimum atomic E-state index is -0.524. The Kier molecular flexibility index (Phi) is 5.44. The summed E-state index contributed by atoms with van der Waals surface area (Å²) in [6.45, 7) is 4.23. The van der Waals surface area contributed by atoms with Crippen LogP contribution in [0.15, 0.2) is 21.1 Å². The third-order valence-electron chi connectivity index (χ3n) is 2.64. The van der Waals surface area contributed by atoms with Crippen LogP contribution in [0.4, 0.5) is 5.69 Å². The first-order valence-electron chi connectivity index (χ1n) is 5.33. The lowest BCUT2D eigenvalue weighted by molar-refractivity contribution is 0.0806. The fourth-order valence-corrected chi connectivity index (χ4v) is 3.03. The van der Waals surface area contributed by atoms with Crippen LogP contribution in [0.25, 0.3) is 0 Å². The second kappa shape index (κ2) is 6.18. The van der Waals surface area contributed by atoms with Gasteiger partial charge < -0.3 is 15.5 Å². The number of nitrogens with one attached hydrogen (secondary N) is 1. The van der Waals surface area contributed by atoms with Gasteiger partial charge in [-0.25, -0.2) is 0 Å². The van der Waals surface area contributed by atoms with E-state index in [1.165, 1.54) is 0 Å². The molecular formula is C12H17Br2NO2. The molecule has 0 bridgehead atoms. The second-order valence-corrected chi connectivity index (χ2v) is 6.29. The summed E-state index contributed by atoms with van der Waals surface area (Å²) in [5.41, 5.74) is 1.56. The number of hydrogen-bond acceptors (Lipinski definition) is 3. The van der Waals surface area contributed by atoms with Crippen LogP contribution in [0.2, 0.25) is 0 Å². The van der Waals surface area contributed by atoms with E-state index in [9.17, 15) is 10.2 Å². The van der Waals surface area contributed by atoms with Gasteiger partial charge in [0.2, 0.25) is 0 Å². The molecule has 1 aromatic carbocycles. The van der Waals surface area contributed by atoms with E-state index in [0.717, 1.165) is 20.2 Å². The van der Waals surface area contributed by atoms with Crippen LogP contribution >= 0.6 is 31.9 Å². The van der Waals surface area contributed by atoms with E-state index in [1.54, 1.807) is 0 Å². The summed E-state index contributed by atoms with van der Waals surface area (Å²) in [6, 6.07) is 4.03. The lowest BCUT2D eigenvalue weighted by Gasteiger charge is -2.26. The summed E-state index contributed by atoms with van der Waals surface area (Å²) < 4.78 is 1.92. The molecule has 0 spiro atoms. The molecule has 96 valence electrons. The highest BCUT2D eigenvalue weighted by molar-refractivity contribution is 9.11. The van der Waals surface area contributed by atoms with Crippen LogP contribution in [0, 0.1) is 12.3 Å². The predicted octanol–water partition coefficient (Wildman–Crippen LogP) is 2.92. The number of aryl methyl sites for hydroxylation is 1. The van der Waals surface area contributed by atoms with Gasteiger partial charge in [-0.05, 0) is 56.5 Å². The Hall–Kier alpha value is -0.100. The monoisotopic (exact) mass is 365 g/mol. The molecule has 5 heteroatoms. The second-order valence-electron chi connectivity index (χ2n) is 4.58. The lowest BCUT2D eigenvalue weighted by Crippen LogP contribution is -2.34. The molecule has 0 heterocycles. The summed E-state index contributed by atoms with van der Waals surface area (Å²) in [5.74, 6) is 0. The largest absolute Gasteiger partial charge is 0.396 e. The number of aliphatic hydroxyl groups excluding tert-OH is 2. The Morgan fingerprint density at radius 3 is 2.06 bits per heavy atom. The van der Waals surface area contributed by atoms with Gasteiger partial charge in [-0.3, -0.25) is 0 Å². The molecule has 0 aromatic heterocycles. The number of anilines is 1. The van der Waals surface area contributed by atoms with Gasteiger partial charge in [-0.1, -0.05) is 6.92 Å². The maximum atomic E-state index is 9.22. The van der Waals surface area contributed by atoms with E-state index in [4.69, 9.17) is 0 Å². The van der Waals surface area contributed by atoms with Gasteiger partial charge in [0.15, 0.2) is 0 Å². The first-order chi connectivity index (χ1) is 7.91. The highest BCUT2D eigenvalue weighted by atomic mass is 79.9. The highest BCUT2D eigenvalue weighted by Gasteiger charge is 2.22. The van der Waals surface area contributed by atoms with Crippen molar-refractivity contribution in [3.8, 4) is 0 Å². The Balaban J connectivity index is 2.83. The van der Waals surface area contributed by atoms with Crippen molar-refractivity contribution in [3.05, 3.63) is 26.6 Å². The number of halogens is 2. The van der Waals surface area contributed by atoms with Crippen LogP contribution in [0.1, 0.15) is 12.5 Å². The van der Waals surface area contributed by atoms with E-state index in [-0.39, 0.29) is 13.2 Å². The fraction of sp³-hybridized carbons (Fsp3) is 0.500. The van der Waals surface area contributed by atoms with Gasteiger partial charge in [-0.15, -0.1) is 0 Å². The molecule has 3 nitrogen and oxygen atoms in total. The van der Waals surface area contributed by atoms with Crippen molar-refractivity contribution in [2.24, 2.45) is 5.41 Å². The molecule has 0 radical (unpaired) electrons. The normalized spacial score (nSPS) is 11.6. The van der Waals surface area contributed by atoms with Gasteiger partial charge in [0.1, 0.15) is 0 Å². The molecule has 1 aromatic rings. The summed E-state index contributed by atoms with van der Waals surface area (Å²) in [5, 5.41) is 21.7. The summed E-state index contributed by atoms with van der Waals surface area (Å²) in [7, 11) is 0. The van der Waals surface area contributed by atoms with Crippen molar-refractivity contribution in [3.63, 3.8) is 0 Å². The maximum absolute atomic E-state index is 9.22.